The number of hydrogen-bond donors (Lipinski definition) is 0. The Balaban J connectivity index is 2.31. The first-order valence-corrected chi connectivity index (χ1v) is 7.13. The summed E-state index contributed by atoms with van der Waals surface area (Å²) in [4.78, 5) is 0. The number of aryl methyl sites for hydroxylation is 1. The molecule has 1 aromatic heterocycles. The van der Waals surface area contributed by atoms with E-state index in [1.807, 2.05) is 30.3 Å². The molecule has 0 aliphatic heterocycles. The quantitative estimate of drug-likeness (QED) is 0.766. The first-order valence-electron chi connectivity index (χ1n) is 4.92. The number of hydrogen-bond acceptors (Lipinski definition) is 1. The van der Waals surface area contributed by atoms with Crippen LogP contribution in [-0.2, 0) is 0 Å². The molecule has 0 saturated heterocycles. The number of nitrogens with zero attached hydrogens (tertiary/aromatic N) is 1. The second-order valence-corrected chi connectivity index (χ2v) is 6.21. The molecule has 0 unspecified atom stereocenters. The van der Waals surface area contributed by atoms with Crippen LogP contribution in [0.3, 0.4) is 0 Å². The van der Waals surface area contributed by atoms with Crippen molar-refractivity contribution in [1.29, 1.82) is 0 Å². The Morgan fingerprint density at radius 2 is 1.82 bits per heavy atom. The van der Waals surface area contributed by atoms with Crippen LogP contribution in [0.4, 0.5) is 12.9 Å². The van der Waals surface area contributed by atoms with Crippen molar-refractivity contribution >= 4 is 27.9 Å². The molecule has 0 radical (unpaired) electrons. The van der Waals surface area contributed by atoms with E-state index in [1.165, 1.54) is 0 Å². The number of rotatable bonds is 3. The molecule has 0 N–H and O–H groups in total. The summed E-state index contributed by atoms with van der Waals surface area (Å²) in [5, 5.41) is 0. The Hall–Kier alpha value is -0.925. The second kappa shape index (κ2) is 4.75. The van der Waals surface area contributed by atoms with Crippen LogP contribution >= 0.6 is 0 Å². The molecule has 0 fully saturated rings. The summed E-state index contributed by atoms with van der Waals surface area (Å²) in [6.45, 7) is 1.63. The van der Waals surface area contributed by atoms with Crippen molar-refractivity contribution in [3.63, 3.8) is 0 Å². The van der Waals surface area contributed by atoms with Gasteiger partial charge in [0.25, 0.3) is 0 Å². The summed E-state index contributed by atoms with van der Waals surface area (Å²) in [6.07, 6.45) is 0. The Kier molecular flexibility index (Phi) is 3.50. The van der Waals surface area contributed by atoms with Gasteiger partial charge in [0.1, 0.15) is 0 Å². The van der Waals surface area contributed by atoms with E-state index in [9.17, 15) is 12.9 Å². The van der Waals surface area contributed by atoms with Gasteiger partial charge in [0.2, 0.25) is 0 Å². The van der Waals surface area contributed by atoms with Crippen LogP contribution in [0.2, 0.25) is 0 Å². The zero-order chi connectivity index (χ0) is 12.5. The molecule has 90 valence electrons. The second-order valence-electron chi connectivity index (χ2n) is 3.48. The predicted molar refractivity (Wildman–Crippen MR) is 59.4 cm³/mol. The van der Waals surface area contributed by atoms with Crippen LogP contribution in [0.15, 0.2) is 36.4 Å². The molecule has 0 amide bonds. The summed E-state index contributed by atoms with van der Waals surface area (Å²) in [7, 11) is -5.24. The third-order valence-electron chi connectivity index (χ3n) is 2.08. The summed E-state index contributed by atoms with van der Waals surface area (Å²) >= 11 is -1.14. The zero-order valence-electron chi connectivity index (χ0n) is 8.94. The van der Waals surface area contributed by atoms with Crippen molar-refractivity contribution in [2.24, 2.45) is 0 Å². The Labute approximate surface area is 107 Å². The third-order valence-corrected chi connectivity index (χ3v) is 5.19. The van der Waals surface area contributed by atoms with Gasteiger partial charge in [0, 0.05) is 0 Å². The molecule has 0 bridgehead atoms. The number of aromatic nitrogens is 1. The van der Waals surface area contributed by atoms with Gasteiger partial charge < -0.3 is 0 Å². The first kappa shape index (κ1) is 12.5. The van der Waals surface area contributed by atoms with Crippen LogP contribution < -0.4 is 7.71 Å². The summed E-state index contributed by atoms with van der Waals surface area (Å²) in [5.74, 6) is 0. The average Bonchev–Trinajstić information content (AvgIpc) is 2.59. The van der Waals surface area contributed by atoms with Gasteiger partial charge >= 0.3 is 107 Å². The molecular weight excluding hydrogens is 346 g/mol. The van der Waals surface area contributed by atoms with Crippen LogP contribution in [0.5, 0.6) is 0 Å². The van der Waals surface area contributed by atoms with Gasteiger partial charge in [0.05, 0.1) is 0 Å². The first-order chi connectivity index (χ1) is 7.96. The minimum absolute atomic E-state index is 0.519. The van der Waals surface area contributed by atoms with Gasteiger partial charge in [-0.15, -0.1) is 0 Å². The molecule has 0 saturated carbocycles. The van der Waals surface area contributed by atoms with Crippen molar-refractivity contribution < 1.29 is 20.7 Å². The summed E-state index contributed by atoms with van der Waals surface area (Å²) in [5.41, 5.74) is 1.49. The van der Waals surface area contributed by atoms with Crippen molar-refractivity contribution in [1.82, 2.24) is 0 Å². The van der Waals surface area contributed by atoms with E-state index in [4.69, 9.17) is 0 Å². The Morgan fingerprint density at radius 3 is 2.41 bits per heavy atom. The Morgan fingerprint density at radius 1 is 1.18 bits per heavy atom. The maximum absolute atomic E-state index is 12.2. The van der Waals surface area contributed by atoms with Crippen molar-refractivity contribution in [2.75, 3.05) is 0 Å². The fourth-order valence-corrected chi connectivity index (χ4v) is 4.18. The summed E-state index contributed by atoms with van der Waals surface area (Å²) in [6, 6.07) is 11.2. The monoisotopic (exact) mass is 357 g/mol. The van der Waals surface area contributed by atoms with E-state index < -0.39 is 27.9 Å². The third kappa shape index (κ3) is 3.27. The maximum atomic E-state index is 12.2. The van der Waals surface area contributed by atoms with Crippen molar-refractivity contribution in [2.45, 2.75) is 6.92 Å². The van der Waals surface area contributed by atoms with E-state index >= 15 is 0 Å². The molecule has 0 aliphatic rings. The topological polar surface area (TPSA) is 13.1 Å². The summed E-state index contributed by atoms with van der Waals surface area (Å²) < 4.78 is 42.6. The molecular formula is C10H9BF3NOTe. The van der Waals surface area contributed by atoms with Crippen molar-refractivity contribution in [3.8, 4) is 9.14 Å². The van der Waals surface area contributed by atoms with Gasteiger partial charge in [-0.05, 0) is 0 Å². The fraction of sp³-hybridized carbons (Fsp3) is 0.100. The molecule has 2 aromatic rings. The molecule has 2 rings (SSSR count). The van der Waals surface area contributed by atoms with E-state index in [0.717, 1.165) is 12.1 Å². The average molecular weight is 355 g/mol. The van der Waals surface area contributed by atoms with Gasteiger partial charge in [-0.3, -0.25) is 0 Å². The van der Waals surface area contributed by atoms with Crippen LogP contribution in [0.25, 0.3) is 9.14 Å². The van der Waals surface area contributed by atoms with E-state index in [2.05, 4.69) is 4.76 Å². The van der Waals surface area contributed by atoms with Crippen LogP contribution in [-0.4, -0.2) is 27.9 Å². The predicted octanol–water partition coefficient (Wildman–Crippen LogP) is 1.78. The molecule has 1 heterocycles. The van der Waals surface area contributed by atoms with Crippen molar-refractivity contribution in [3.05, 3.63) is 42.1 Å². The van der Waals surface area contributed by atoms with E-state index in [1.54, 1.807) is 13.0 Å². The Bertz CT molecular complexity index is 512. The van der Waals surface area contributed by atoms with Gasteiger partial charge in [0.15, 0.2) is 0 Å². The molecule has 1 aromatic carbocycles. The molecule has 0 aliphatic carbocycles. The number of benzene rings is 1. The van der Waals surface area contributed by atoms with Gasteiger partial charge in [-0.2, -0.15) is 0 Å². The van der Waals surface area contributed by atoms with E-state index in [-0.39, 0.29) is 0 Å². The van der Waals surface area contributed by atoms with Crippen LogP contribution in [0.1, 0.15) is 5.69 Å². The molecule has 0 atom stereocenters. The normalized spacial score (nSPS) is 11.5. The van der Waals surface area contributed by atoms with Gasteiger partial charge in [-0.1, -0.05) is 0 Å². The standard InChI is InChI=1S/C10H9BF3NOTe/c1-8-7-10(9-5-3-2-4-6-9)17-15(8)16-11(12,13)14/h2-7H,1H3. The SMILES string of the molecule is Cc1cc(-c2ccccc2)[te][n+]1O[B-](F)(F)F. The molecule has 2 nitrogen and oxygen atoms in total. The fourth-order valence-electron chi connectivity index (χ4n) is 1.38. The minimum atomic E-state index is -5.24. The van der Waals surface area contributed by atoms with Crippen LogP contribution in [0, 0.1) is 6.92 Å². The van der Waals surface area contributed by atoms with E-state index in [0.29, 0.717) is 5.69 Å². The van der Waals surface area contributed by atoms with Gasteiger partial charge in [-0.25, -0.2) is 0 Å². The molecule has 17 heavy (non-hydrogen) atoms. The zero-order valence-corrected chi connectivity index (χ0v) is 11.3. The molecule has 7 heteroatoms. The molecule has 0 spiro atoms. The number of halogens is 3.